The molecule has 11 aromatic rings. The number of furan rings is 1. The maximum Gasteiger partial charge on any atom is 0.163 e. The summed E-state index contributed by atoms with van der Waals surface area (Å²) in [7, 11) is 0. The van der Waals surface area contributed by atoms with Crippen molar-refractivity contribution < 1.29 is 4.42 Å². The van der Waals surface area contributed by atoms with Gasteiger partial charge in [-0.2, -0.15) is 0 Å². The number of hydrogen-bond donors (Lipinski definition) is 0. The van der Waals surface area contributed by atoms with E-state index in [0.29, 0.717) is 5.82 Å². The first-order valence-corrected chi connectivity index (χ1v) is 17.2. The SMILES string of the molecule is c1ccc(-c2nc(-n3c4ccccc4c4c5oc6ccccc6c5ccc43)c3c(n2)sc2c4ccccc4c(-c4ccccc4)cc23)cc1. The molecule has 4 nitrogen and oxygen atoms in total. The van der Waals surface area contributed by atoms with Gasteiger partial charge in [-0.3, -0.25) is 4.57 Å². The number of para-hydroxylation sites is 2. The molecule has 0 N–H and O–H groups in total. The molecule has 0 atom stereocenters. The topological polar surface area (TPSA) is 43.9 Å². The van der Waals surface area contributed by atoms with Crippen molar-refractivity contribution in [1.29, 1.82) is 0 Å². The van der Waals surface area contributed by atoms with E-state index in [1.807, 2.05) is 30.3 Å². The van der Waals surface area contributed by atoms with Gasteiger partial charge in [-0.05, 0) is 46.8 Å². The predicted molar refractivity (Wildman–Crippen MR) is 205 cm³/mol. The van der Waals surface area contributed by atoms with E-state index in [4.69, 9.17) is 14.4 Å². The standard InChI is InChI=1S/C44H25N3OS/c1-3-13-26(14-4-1)33-25-34-39-43(45-42(27-15-5-2-6-16-27)46-44(39)49-41(34)31-19-8-7-17-28(31)33)47-35-21-11-9-20-32(35)38-36(47)24-23-30-29-18-10-12-22-37(29)48-40(30)38/h1-25H. The fourth-order valence-corrected chi connectivity index (χ4v) is 8.86. The van der Waals surface area contributed by atoms with E-state index < -0.39 is 0 Å². The Morgan fingerprint density at radius 1 is 0.490 bits per heavy atom. The van der Waals surface area contributed by atoms with Crippen molar-refractivity contribution in [3.05, 3.63) is 152 Å². The molecule has 4 aromatic heterocycles. The van der Waals surface area contributed by atoms with Crippen LogP contribution >= 0.6 is 11.3 Å². The summed E-state index contributed by atoms with van der Waals surface area (Å²) in [6.07, 6.45) is 0. The molecule has 0 amide bonds. The molecule has 0 aliphatic carbocycles. The summed E-state index contributed by atoms with van der Waals surface area (Å²) in [5.74, 6) is 1.57. The van der Waals surface area contributed by atoms with Gasteiger partial charge in [0.1, 0.15) is 16.0 Å². The van der Waals surface area contributed by atoms with Gasteiger partial charge in [0.05, 0.1) is 21.8 Å². The summed E-state index contributed by atoms with van der Waals surface area (Å²) in [6, 6.07) is 53.4. The number of aromatic nitrogens is 3. The summed E-state index contributed by atoms with van der Waals surface area (Å²) in [6.45, 7) is 0. The number of nitrogens with zero attached hydrogens (tertiary/aromatic N) is 3. The van der Waals surface area contributed by atoms with Gasteiger partial charge in [0.15, 0.2) is 11.6 Å². The number of fused-ring (bicyclic) bond motifs is 12. The third kappa shape index (κ3) is 3.79. The monoisotopic (exact) mass is 643 g/mol. The second-order valence-corrected chi connectivity index (χ2v) is 13.5. The van der Waals surface area contributed by atoms with Crippen LogP contribution in [0.3, 0.4) is 0 Å². The number of thiophene rings is 1. The van der Waals surface area contributed by atoms with E-state index in [2.05, 4.69) is 126 Å². The lowest BCUT2D eigenvalue weighted by Crippen LogP contribution is -2.01. The van der Waals surface area contributed by atoms with Crippen LogP contribution in [0.4, 0.5) is 0 Å². The Morgan fingerprint density at radius 2 is 1.16 bits per heavy atom. The third-order valence-corrected chi connectivity index (χ3v) is 11.0. The lowest BCUT2D eigenvalue weighted by molar-refractivity contribution is 0.673. The van der Waals surface area contributed by atoms with Crippen molar-refractivity contribution in [1.82, 2.24) is 14.5 Å². The van der Waals surface area contributed by atoms with Gasteiger partial charge in [0.2, 0.25) is 0 Å². The molecule has 0 spiro atoms. The third-order valence-electron chi connectivity index (χ3n) is 9.83. The van der Waals surface area contributed by atoms with Crippen molar-refractivity contribution >= 4 is 86.2 Å². The maximum absolute atomic E-state index is 6.63. The molecule has 11 rings (SSSR count). The van der Waals surface area contributed by atoms with Crippen LogP contribution in [0.25, 0.3) is 103 Å². The largest absolute Gasteiger partial charge is 0.455 e. The van der Waals surface area contributed by atoms with E-state index in [0.717, 1.165) is 70.7 Å². The van der Waals surface area contributed by atoms with Crippen molar-refractivity contribution in [2.45, 2.75) is 0 Å². The minimum atomic E-state index is 0.706. The number of benzene rings is 7. The summed E-state index contributed by atoms with van der Waals surface area (Å²) in [5.41, 5.74) is 7.29. The fraction of sp³-hybridized carbons (Fsp3) is 0. The maximum atomic E-state index is 6.63. The Hall–Kier alpha value is -6.30. The molecule has 5 heteroatoms. The van der Waals surface area contributed by atoms with Gasteiger partial charge in [-0.1, -0.05) is 121 Å². The van der Waals surface area contributed by atoms with Crippen LogP contribution in [-0.4, -0.2) is 14.5 Å². The molecule has 0 aliphatic rings. The van der Waals surface area contributed by atoms with E-state index in [9.17, 15) is 0 Å². The van der Waals surface area contributed by atoms with Crippen molar-refractivity contribution in [3.63, 3.8) is 0 Å². The molecule has 0 radical (unpaired) electrons. The highest BCUT2D eigenvalue weighted by Gasteiger charge is 2.24. The highest BCUT2D eigenvalue weighted by atomic mass is 32.1. The molecule has 0 fully saturated rings. The average Bonchev–Trinajstić information content (AvgIpc) is 3.84. The zero-order valence-electron chi connectivity index (χ0n) is 26.1. The Morgan fingerprint density at radius 3 is 1.98 bits per heavy atom. The summed E-state index contributed by atoms with van der Waals surface area (Å²) >= 11 is 1.75. The second kappa shape index (κ2) is 10.1. The first-order chi connectivity index (χ1) is 24.3. The molecule has 228 valence electrons. The summed E-state index contributed by atoms with van der Waals surface area (Å²) < 4.78 is 10.2. The summed E-state index contributed by atoms with van der Waals surface area (Å²) in [4.78, 5) is 11.7. The van der Waals surface area contributed by atoms with Crippen LogP contribution in [0.5, 0.6) is 0 Å². The average molecular weight is 644 g/mol. The zero-order valence-corrected chi connectivity index (χ0v) is 26.9. The van der Waals surface area contributed by atoms with Gasteiger partial charge in [-0.15, -0.1) is 11.3 Å². The van der Waals surface area contributed by atoms with Crippen LogP contribution in [0.1, 0.15) is 0 Å². The zero-order chi connectivity index (χ0) is 32.1. The van der Waals surface area contributed by atoms with Crippen LogP contribution in [-0.2, 0) is 0 Å². The van der Waals surface area contributed by atoms with Crippen molar-refractivity contribution in [2.75, 3.05) is 0 Å². The Kier molecular flexibility index (Phi) is 5.51. The molecule has 7 aromatic carbocycles. The van der Waals surface area contributed by atoms with Crippen LogP contribution < -0.4 is 0 Å². The van der Waals surface area contributed by atoms with Gasteiger partial charge >= 0.3 is 0 Å². The molecule has 0 unspecified atom stereocenters. The van der Waals surface area contributed by atoms with E-state index in [-0.39, 0.29) is 0 Å². The molecular weight excluding hydrogens is 619 g/mol. The van der Waals surface area contributed by atoms with Crippen molar-refractivity contribution in [2.24, 2.45) is 0 Å². The fourth-order valence-electron chi connectivity index (χ4n) is 7.68. The molecule has 0 saturated carbocycles. The lowest BCUT2D eigenvalue weighted by Gasteiger charge is -2.12. The lowest BCUT2D eigenvalue weighted by atomic mass is 9.96. The minimum Gasteiger partial charge on any atom is -0.455 e. The van der Waals surface area contributed by atoms with E-state index in [1.165, 1.54) is 26.6 Å². The van der Waals surface area contributed by atoms with Gasteiger partial charge in [-0.25, -0.2) is 9.97 Å². The van der Waals surface area contributed by atoms with Gasteiger partial charge in [0.25, 0.3) is 0 Å². The van der Waals surface area contributed by atoms with E-state index >= 15 is 0 Å². The quantitative estimate of drug-likeness (QED) is 0.192. The smallest absolute Gasteiger partial charge is 0.163 e. The molecule has 0 saturated heterocycles. The predicted octanol–water partition coefficient (Wildman–Crippen LogP) is 12.3. The normalized spacial score (nSPS) is 12.1. The van der Waals surface area contributed by atoms with E-state index in [1.54, 1.807) is 11.3 Å². The Bertz CT molecular complexity index is 3100. The summed E-state index contributed by atoms with van der Waals surface area (Å²) in [5, 5.41) is 9.12. The number of rotatable bonds is 3. The van der Waals surface area contributed by atoms with Crippen molar-refractivity contribution in [3.8, 4) is 28.3 Å². The van der Waals surface area contributed by atoms with Crippen LogP contribution in [0, 0.1) is 0 Å². The first kappa shape index (κ1) is 26.7. The highest BCUT2D eigenvalue weighted by Crippen LogP contribution is 2.46. The van der Waals surface area contributed by atoms with Crippen LogP contribution in [0.2, 0.25) is 0 Å². The molecule has 49 heavy (non-hydrogen) atoms. The van der Waals surface area contributed by atoms with Gasteiger partial charge in [0, 0.05) is 37.2 Å². The molecule has 0 bridgehead atoms. The molecular formula is C44H25N3OS. The molecule has 4 heterocycles. The highest BCUT2D eigenvalue weighted by molar-refractivity contribution is 7.26. The minimum absolute atomic E-state index is 0.706. The molecule has 0 aliphatic heterocycles. The van der Waals surface area contributed by atoms with Crippen LogP contribution in [0.15, 0.2) is 156 Å². The second-order valence-electron chi connectivity index (χ2n) is 12.5. The Labute approximate surface area is 284 Å². The number of hydrogen-bond acceptors (Lipinski definition) is 4. The Balaban J connectivity index is 1.34. The van der Waals surface area contributed by atoms with Gasteiger partial charge < -0.3 is 4.42 Å². The first-order valence-electron chi connectivity index (χ1n) is 16.4.